The fourth-order valence-corrected chi connectivity index (χ4v) is 3.13. The van der Waals surface area contributed by atoms with E-state index in [4.69, 9.17) is 16.9 Å². The number of urea groups is 1. The van der Waals surface area contributed by atoms with Crippen molar-refractivity contribution in [1.29, 1.82) is 5.26 Å². The van der Waals surface area contributed by atoms with Crippen LogP contribution in [0.5, 0.6) is 0 Å². The topological polar surface area (TPSA) is 77.3 Å². The van der Waals surface area contributed by atoms with Gasteiger partial charge in [0.1, 0.15) is 10.7 Å². The molecule has 1 saturated heterocycles. The minimum absolute atomic E-state index is 0.0145. The van der Waals surface area contributed by atoms with Gasteiger partial charge < -0.3 is 4.90 Å². The fourth-order valence-electron chi connectivity index (χ4n) is 3.01. The van der Waals surface area contributed by atoms with Gasteiger partial charge in [-0.1, -0.05) is 17.7 Å². The molecule has 0 atom stereocenters. The molecule has 1 fully saturated rings. The molecule has 10 heteroatoms. The van der Waals surface area contributed by atoms with Crippen LogP contribution in [-0.2, 0) is 17.5 Å². The third kappa shape index (κ3) is 3.63. The number of carbonyl (C=O) groups is 2. The summed E-state index contributed by atoms with van der Waals surface area (Å²) in [6, 6.07) is 6.58. The van der Waals surface area contributed by atoms with Crippen molar-refractivity contribution < 1.29 is 22.8 Å². The Hall–Kier alpha value is -3.12. The summed E-state index contributed by atoms with van der Waals surface area (Å²) in [5.41, 5.74) is -2.76. The molecule has 6 nitrogen and oxygen atoms in total. The summed E-state index contributed by atoms with van der Waals surface area (Å²) in [5.74, 6) is -0.678. The molecule has 2 aromatic rings. The first-order valence-corrected chi connectivity index (χ1v) is 8.72. The third-order valence-electron chi connectivity index (χ3n) is 4.64. The van der Waals surface area contributed by atoms with Gasteiger partial charge in [0.05, 0.1) is 29.4 Å². The summed E-state index contributed by atoms with van der Waals surface area (Å²) in [6.07, 6.45) is -3.36. The maximum Gasteiger partial charge on any atom is 0.417 e. The van der Waals surface area contributed by atoms with E-state index in [0.29, 0.717) is 16.5 Å². The Labute approximate surface area is 169 Å². The van der Waals surface area contributed by atoms with E-state index in [2.05, 4.69) is 4.98 Å². The van der Waals surface area contributed by atoms with Gasteiger partial charge in [-0.05, 0) is 43.7 Å². The van der Waals surface area contributed by atoms with E-state index in [-0.39, 0.29) is 17.4 Å². The lowest BCUT2D eigenvalue weighted by Gasteiger charge is -2.27. The summed E-state index contributed by atoms with van der Waals surface area (Å²) in [7, 11) is 0. The number of imide groups is 1. The van der Waals surface area contributed by atoms with E-state index in [1.54, 1.807) is 6.07 Å². The Bertz CT molecular complexity index is 1030. The van der Waals surface area contributed by atoms with E-state index >= 15 is 0 Å². The molecular weight excluding hydrogens is 409 g/mol. The zero-order valence-electron chi connectivity index (χ0n) is 15.3. The number of halogens is 4. The second kappa shape index (κ2) is 7.04. The summed E-state index contributed by atoms with van der Waals surface area (Å²) in [4.78, 5) is 31.7. The predicted molar refractivity (Wildman–Crippen MR) is 97.9 cm³/mol. The van der Waals surface area contributed by atoms with E-state index < -0.39 is 34.8 Å². The van der Waals surface area contributed by atoms with Crippen LogP contribution >= 0.6 is 11.6 Å². The van der Waals surface area contributed by atoms with Crippen LogP contribution in [0.4, 0.5) is 23.7 Å². The Balaban J connectivity index is 2.01. The second-order valence-electron chi connectivity index (χ2n) is 6.90. The molecule has 0 radical (unpaired) electrons. The zero-order valence-corrected chi connectivity index (χ0v) is 16.0. The van der Waals surface area contributed by atoms with Crippen LogP contribution in [0, 0.1) is 11.3 Å². The third-order valence-corrected chi connectivity index (χ3v) is 4.86. The number of nitrogens with zero attached hydrogens (tertiary/aromatic N) is 4. The Kier molecular flexibility index (Phi) is 5.01. The van der Waals surface area contributed by atoms with Gasteiger partial charge in [0.25, 0.3) is 5.91 Å². The number of aromatic nitrogens is 1. The standard InChI is InChI=1S/C19H14ClF3N4O2/c1-18(2)16(28)27(13-5-4-12(8-24)14(7-13)19(21,22)23)17(29)26(18)10-11-3-6-15(20)25-9-11/h3-7,9H,10H2,1-2H3. The monoisotopic (exact) mass is 422 g/mol. The van der Waals surface area contributed by atoms with Crippen molar-refractivity contribution in [3.63, 3.8) is 0 Å². The number of amides is 3. The number of pyridine rings is 1. The molecule has 150 valence electrons. The minimum atomic E-state index is -4.81. The van der Waals surface area contributed by atoms with Crippen LogP contribution < -0.4 is 4.90 Å². The average Bonchev–Trinajstić information content (AvgIpc) is 2.82. The number of hydrogen-bond acceptors (Lipinski definition) is 4. The molecule has 0 aliphatic carbocycles. The average molecular weight is 423 g/mol. The van der Waals surface area contributed by atoms with Crippen molar-refractivity contribution >= 4 is 29.2 Å². The second-order valence-corrected chi connectivity index (χ2v) is 7.28. The molecule has 0 saturated carbocycles. The Morgan fingerprint density at radius 3 is 2.45 bits per heavy atom. The Morgan fingerprint density at radius 1 is 1.21 bits per heavy atom. The molecule has 3 rings (SSSR count). The van der Waals surface area contributed by atoms with E-state index in [9.17, 15) is 22.8 Å². The number of hydrogen-bond donors (Lipinski definition) is 0. The normalized spacial score (nSPS) is 16.3. The largest absolute Gasteiger partial charge is 0.417 e. The van der Waals surface area contributed by atoms with E-state index in [1.807, 2.05) is 0 Å². The number of carbonyl (C=O) groups excluding carboxylic acids is 2. The summed E-state index contributed by atoms with van der Waals surface area (Å²) in [5, 5.41) is 9.19. The SMILES string of the molecule is CC1(C)C(=O)N(c2ccc(C#N)c(C(F)(F)F)c2)C(=O)N1Cc1ccc(Cl)nc1. The van der Waals surface area contributed by atoms with Crippen LogP contribution in [0.15, 0.2) is 36.5 Å². The number of anilines is 1. The molecule has 3 amide bonds. The molecule has 1 aromatic carbocycles. The van der Waals surface area contributed by atoms with Crippen molar-refractivity contribution in [3.05, 3.63) is 58.4 Å². The minimum Gasteiger partial charge on any atom is -0.305 e. The lowest BCUT2D eigenvalue weighted by molar-refractivity contribution is -0.137. The van der Waals surface area contributed by atoms with Crippen LogP contribution in [0.25, 0.3) is 0 Å². The van der Waals surface area contributed by atoms with Crippen LogP contribution in [0.3, 0.4) is 0 Å². The molecule has 1 aliphatic heterocycles. The van der Waals surface area contributed by atoms with Crippen molar-refractivity contribution in [2.45, 2.75) is 32.1 Å². The Morgan fingerprint density at radius 2 is 1.90 bits per heavy atom. The van der Waals surface area contributed by atoms with E-state index in [1.165, 1.54) is 37.1 Å². The fraction of sp³-hybridized carbons (Fsp3) is 0.263. The van der Waals surface area contributed by atoms with E-state index in [0.717, 1.165) is 12.1 Å². The van der Waals surface area contributed by atoms with Gasteiger partial charge >= 0.3 is 12.2 Å². The summed E-state index contributed by atoms with van der Waals surface area (Å²) < 4.78 is 39.8. The van der Waals surface area contributed by atoms with Crippen molar-refractivity contribution in [2.75, 3.05) is 4.90 Å². The number of benzene rings is 1. The van der Waals surface area contributed by atoms with Gasteiger partial charge in [-0.3, -0.25) is 4.79 Å². The van der Waals surface area contributed by atoms with Gasteiger partial charge in [0, 0.05) is 6.20 Å². The molecule has 1 aromatic heterocycles. The predicted octanol–water partition coefficient (Wildman–Crippen LogP) is 4.37. The number of alkyl halides is 3. The van der Waals surface area contributed by atoms with Gasteiger partial charge in [0.15, 0.2) is 0 Å². The highest BCUT2D eigenvalue weighted by Gasteiger charge is 2.52. The lowest BCUT2D eigenvalue weighted by atomic mass is 10.0. The zero-order chi connectivity index (χ0) is 21.6. The summed E-state index contributed by atoms with van der Waals surface area (Å²) in [6.45, 7) is 3.02. The molecule has 0 unspecified atom stereocenters. The van der Waals surface area contributed by atoms with Crippen molar-refractivity contribution in [3.8, 4) is 6.07 Å². The van der Waals surface area contributed by atoms with Gasteiger partial charge in [-0.25, -0.2) is 14.7 Å². The maximum atomic E-state index is 13.3. The first kappa shape index (κ1) is 20.6. The highest BCUT2D eigenvalue weighted by atomic mass is 35.5. The number of nitriles is 1. The van der Waals surface area contributed by atoms with Crippen LogP contribution in [0.2, 0.25) is 5.15 Å². The smallest absolute Gasteiger partial charge is 0.305 e. The lowest BCUT2D eigenvalue weighted by Crippen LogP contribution is -2.43. The first-order chi connectivity index (χ1) is 13.5. The molecule has 0 N–H and O–H groups in total. The molecule has 0 bridgehead atoms. The first-order valence-electron chi connectivity index (χ1n) is 8.34. The number of rotatable bonds is 3. The molecular formula is C19H14ClF3N4O2. The molecule has 1 aliphatic rings. The maximum absolute atomic E-state index is 13.3. The van der Waals surface area contributed by atoms with Gasteiger partial charge in [-0.15, -0.1) is 0 Å². The van der Waals surface area contributed by atoms with Crippen LogP contribution in [-0.4, -0.2) is 27.4 Å². The van der Waals surface area contributed by atoms with Crippen molar-refractivity contribution in [1.82, 2.24) is 9.88 Å². The van der Waals surface area contributed by atoms with Gasteiger partial charge in [-0.2, -0.15) is 18.4 Å². The van der Waals surface area contributed by atoms with Crippen LogP contribution in [0.1, 0.15) is 30.5 Å². The highest BCUT2D eigenvalue weighted by Crippen LogP contribution is 2.38. The van der Waals surface area contributed by atoms with Gasteiger partial charge in [0.2, 0.25) is 0 Å². The van der Waals surface area contributed by atoms with Crippen molar-refractivity contribution in [2.24, 2.45) is 0 Å². The quantitative estimate of drug-likeness (QED) is 0.543. The highest BCUT2D eigenvalue weighted by molar-refractivity contribution is 6.29. The molecule has 2 heterocycles. The molecule has 29 heavy (non-hydrogen) atoms. The summed E-state index contributed by atoms with van der Waals surface area (Å²) >= 11 is 5.75. The molecule has 0 spiro atoms.